The Balaban J connectivity index is 1.35. The minimum absolute atomic E-state index is 0.152. The van der Waals surface area contributed by atoms with Crippen LogP contribution >= 0.6 is 0 Å². The van der Waals surface area contributed by atoms with Gasteiger partial charge in [-0.1, -0.05) is 18.2 Å². The second kappa shape index (κ2) is 8.49. The molecule has 1 aromatic heterocycles. The molecule has 0 aliphatic carbocycles. The lowest BCUT2D eigenvalue weighted by molar-refractivity contribution is -0.134. The summed E-state index contributed by atoms with van der Waals surface area (Å²) in [6, 6.07) is 8.10. The molecule has 0 spiro atoms. The third-order valence-corrected chi connectivity index (χ3v) is 6.36. The Morgan fingerprint density at radius 2 is 1.55 bits per heavy atom. The number of hydrogen-bond acceptors (Lipinski definition) is 4. The molecule has 2 saturated heterocycles. The average Bonchev–Trinajstić information content (AvgIpc) is 3.26. The van der Waals surface area contributed by atoms with Crippen LogP contribution in [-0.4, -0.2) is 77.3 Å². The topological polar surface area (TPSA) is 56.8 Å². The number of rotatable bonds is 4. The number of aryl methyl sites for hydroxylation is 2. The maximum Gasteiger partial charge on any atom is 0.236 e. The standard InChI is InChI=1S/C23H30N4O2/c1-17-19-7-3-4-8-21(19)24-18(2)20(17)15-22(28)27-13-11-25(12-14-27)16-23(29)26-9-5-6-10-26/h3-4,7-8H,5-6,9-16H2,1-2H3. The van der Waals surface area contributed by atoms with Gasteiger partial charge in [-0.15, -0.1) is 0 Å². The summed E-state index contributed by atoms with van der Waals surface area (Å²) in [5.41, 5.74) is 4.11. The molecule has 0 bridgehead atoms. The maximum absolute atomic E-state index is 13.0. The number of piperazine rings is 1. The van der Waals surface area contributed by atoms with E-state index >= 15 is 0 Å². The molecule has 154 valence electrons. The number of amides is 2. The Hall–Kier alpha value is -2.47. The van der Waals surface area contributed by atoms with Gasteiger partial charge in [0, 0.05) is 50.3 Å². The van der Waals surface area contributed by atoms with E-state index in [9.17, 15) is 9.59 Å². The van der Waals surface area contributed by atoms with Crippen molar-refractivity contribution in [2.75, 3.05) is 45.8 Å². The number of pyridine rings is 1. The number of likely N-dealkylation sites (tertiary alicyclic amines) is 1. The lowest BCUT2D eigenvalue weighted by Gasteiger charge is -2.35. The quantitative estimate of drug-likeness (QED) is 0.798. The highest BCUT2D eigenvalue weighted by atomic mass is 16.2. The molecule has 6 heteroatoms. The molecule has 0 atom stereocenters. The van der Waals surface area contributed by atoms with Gasteiger partial charge < -0.3 is 9.80 Å². The molecule has 2 aliphatic rings. The molecule has 0 saturated carbocycles. The maximum atomic E-state index is 13.0. The van der Waals surface area contributed by atoms with Crippen molar-refractivity contribution in [2.24, 2.45) is 0 Å². The zero-order valence-corrected chi connectivity index (χ0v) is 17.5. The molecule has 0 radical (unpaired) electrons. The predicted octanol–water partition coefficient (Wildman–Crippen LogP) is 2.16. The van der Waals surface area contributed by atoms with Crippen LogP contribution in [0.5, 0.6) is 0 Å². The molecule has 2 fully saturated rings. The van der Waals surface area contributed by atoms with E-state index in [-0.39, 0.29) is 11.8 Å². The zero-order chi connectivity index (χ0) is 20.4. The highest BCUT2D eigenvalue weighted by molar-refractivity contribution is 5.86. The fourth-order valence-corrected chi connectivity index (χ4v) is 4.51. The molecule has 29 heavy (non-hydrogen) atoms. The van der Waals surface area contributed by atoms with E-state index in [1.54, 1.807) is 0 Å². The van der Waals surface area contributed by atoms with Gasteiger partial charge in [-0.3, -0.25) is 19.5 Å². The van der Waals surface area contributed by atoms with Crippen LogP contribution in [0.15, 0.2) is 24.3 Å². The van der Waals surface area contributed by atoms with E-state index in [0.29, 0.717) is 26.1 Å². The van der Waals surface area contributed by atoms with Gasteiger partial charge in [0.2, 0.25) is 11.8 Å². The second-order valence-corrected chi connectivity index (χ2v) is 8.24. The molecule has 3 heterocycles. The summed E-state index contributed by atoms with van der Waals surface area (Å²) in [4.78, 5) is 36.1. The largest absolute Gasteiger partial charge is 0.342 e. The summed E-state index contributed by atoms with van der Waals surface area (Å²) < 4.78 is 0. The molecule has 2 aliphatic heterocycles. The SMILES string of the molecule is Cc1nc2ccccc2c(C)c1CC(=O)N1CCN(CC(=O)N2CCCC2)CC1. The number of benzene rings is 1. The molecule has 4 rings (SSSR count). The normalized spacial score (nSPS) is 17.9. The van der Waals surface area contributed by atoms with Gasteiger partial charge >= 0.3 is 0 Å². The Labute approximate surface area is 172 Å². The van der Waals surface area contributed by atoms with Gasteiger partial charge in [-0.2, -0.15) is 0 Å². The van der Waals surface area contributed by atoms with E-state index in [2.05, 4.69) is 17.9 Å². The predicted molar refractivity (Wildman–Crippen MR) is 114 cm³/mol. The smallest absolute Gasteiger partial charge is 0.236 e. The molecule has 6 nitrogen and oxygen atoms in total. The van der Waals surface area contributed by atoms with Crippen molar-refractivity contribution >= 4 is 22.7 Å². The fraction of sp³-hybridized carbons (Fsp3) is 0.522. The van der Waals surface area contributed by atoms with Gasteiger partial charge in [0.25, 0.3) is 0 Å². The molecular formula is C23H30N4O2. The van der Waals surface area contributed by atoms with E-state index in [1.807, 2.05) is 34.9 Å². The average molecular weight is 395 g/mol. The Morgan fingerprint density at radius 3 is 2.28 bits per heavy atom. The van der Waals surface area contributed by atoms with Gasteiger partial charge in [0.05, 0.1) is 18.5 Å². The summed E-state index contributed by atoms with van der Waals surface area (Å²) in [5, 5.41) is 1.12. The Morgan fingerprint density at radius 1 is 0.897 bits per heavy atom. The van der Waals surface area contributed by atoms with Gasteiger partial charge in [0.15, 0.2) is 0 Å². The van der Waals surface area contributed by atoms with Crippen molar-refractivity contribution in [3.8, 4) is 0 Å². The number of fused-ring (bicyclic) bond motifs is 1. The number of para-hydroxylation sites is 1. The molecular weight excluding hydrogens is 364 g/mol. The second-order valence-electron chi connectivity index (χ2n) is 8.24. The zero-order valence-electron chi connectivity index (χ0n) is 17.5. The summed E-state index contributed by atoms with van der Waals surface area (Å²) in [6.07, 6.45) is 2.63. The molecule has 2 aromatic rings. The Kier molecular flexibility index (Phi) is 5.81. The monoisotopic (exact) mass is 394 g/mol. The fourth-order valence-electron chi connectivity index (χ4n) is 4.51. The van der Waals surface area contributed by atoms with Crippen LogP contribution < -0.4 is 0 Å². The van der Waals surface area contributed by atoms with Crippen LogP contribution in [0.1, 0.15) is 29.7 Å². The molecule has 2 amide bonds. The van der Waals surface area contributed by atoms with Gasteiger partial charge in [-0.05, 0) is 43.9 Å². The van der Waals surface area contributed by atoms with E-state index in [0.717, 1.165) is 66.7 Å². The van der Waals surface area contributed by atoms with E-state index in [4.69, 9.17) is 4.98 Å². The van der Waals surface area contributed by atoms with Crippen molar-refractivity contribution in [3.63, 3.8) is 0 Å². The first-order chi connectivity index (χ1) is 14.0. The third kappa shape index (κ3) is 4.27. The first kappa shape index (κ1) is 19.8. The minimum Gasteiger partial charge on any atom is -0.342 e. The van der Waals surface area contributed by atoms with Crippen molar-refractivity contribution in [1.82, 2.24) is 19.7 Å². The van der Waals surface area contributed by atoms with Crippen molar-refractivity contribution < 1.29 is 9.59 Å². The summed E-state index contributed by atoms with van der Waals surface area (Å²) in [6.45, 7) is 9.25. The van der Waals surface area contributed by atoms with E-state index < -0.39 is 0 Å². The highest BCUT2D eigenvalue weighted by Gasteiger charge is 2.26. The van der Waals surface area contributed by atoms with E-state index in [1.165, 1.54) is 0 Å². The number of carbonyl (C=O) groups excluding carboxylic acids is 2. The molecule has 1 aromatic carbocycles. The van der Waals surface area contributed by atoms with Gasteiger partial charge in [0.1, 0.15) is 0 Å². The van der Waals surface area contributed by atoms with Crippen LogP contribution in [0, 0.1) is 13.8 Å². The van der Waals surface area contributed by atoms with Crippen molar-refractivity contribution in [1.29, 1.82) is 0 Å². The summed E-state index contributed by atoms with van der Waals surface area (Å²) in [5.74, 6) is 0.384. The van der Waals surface area contributed by atoms with Crippen molar-refractivity contribution in [3.05, 3.63) is 41.1 Å². The molecule has 0 unspecified atom stereocenters. The number of nitrogens with zero attached hydrogens (tertiary/aromatic N) is 4. The third-order valence-electron chi connectivity index (χ3n) is 6.36. The number of carbonyl (C=O) groups is 2. The van der Waals surface area contributed by atoms with Crippen LogP contribution in [0.3, 0.4) is 0 Å². The highest BCUT2D eigenvalue weighted by Crippen LogP contribution is 2.23. The summed E-state index contributed by atoms with van der Waals surface area (Å²) >= 11 is 0. The first-order valence-electron chi connectivity index (χ1n) is 10.7. The Bertz CT molecular complexity index is 912. The van der Waals surface area contributed by atoms with Gasteiger partial charge in [-0.25, -0.2) is 0 Å². The van der Waals surface area contributed by atoms with Crippen molar-refractivity contribution in [2.45, 2.75) is 33.1 Å². The number of hydrogen-bond donors (Lipinski definition) is 0. The van der Waals surface area contributed by atoms with Crippen LogP contribution in [0.2, 0.25) is 0 Å². The minimum atomic E-state index is 0.152. The van der Waals surface area contributed by atoms with Crippen LogP contribution in [0.25, 0.3) is 10.9 Å². The van der Waals surface area contributed by atoms with Crippen LogP contribution in [0.4, 0.5) is 0 Å². The lowest BCUT2D eigenvalue weighted by atomic mass is 9.99. The van der Waals surface area contributed by atoms with Crippen LogP contribution in [-0.2, 0) is 16.0 Å². The summed E-state index contributed by atoms with van der Waals surface area (Å²) in [7, 11) is 0. The number of aromatic nitrogens is 1. The molecule has 0 N–H and O–H groups in total. The first-order valence-corrected chi connectivity index (χ1v) is 10.7. The lowest BCUT2D eigenvalue weighted by Crippen LogP contribution is -2.51.